The summed E-state index contributed by atoms with van der Waals surface area (Å²) in [4.78, 5) is 26.3. The smallest absolute Gasteiger partial charge is 0.293 e. The van der Waals surface area contributed by atoms with Gasteiger partial charge in [-0.2, -0.15) is 0 Å². The van der Waals surface area contributed by atoms with Crippen LogP contribution in [0.5, 0.6) is 0 Å². The molecule has 5 heteroatoms. The fourth-order valence-electron chi connectivity index (χ4n) is 2.66. The van der Waals surface area contributed by atoms with E-state index in [2.05, 4.69) is 0 Å². The average molecular weight is 335 g/mol. The van der Waals surface area contributed by atoms with Crippen LogP contribution in [0.2, 0.25) is 0 Å². The lowest BCUT2D eigenvalue weighted by Gasteiger charge is -2.13. The summed E-state index contributed by atoms with van der Waals surface area (Å²) < 4.78 is 5.21. The van der Waals surface area contributed by atoms with Gasteiger partial charge < -0.3 is 4.42 Å². The Kier molecular flexibility index (Phi) is 3.70. The molecule has 1 saturated heterocycles. The van der Waals surface area contributed by atoms with E-state index in [9.17, 15) is 9.59 Å². The number of hydrogen-bond donors (Lipinski definition) is 0. The van der Waals surface area contributed by atoms with Gasteiger partial charge in [-0.05, 0) is 46.3 Å². The highest BCUT2D eigenvalue weighted by molar-refractivity contribution is 8.18. The van der Waals surface area contributed by atoms with Crippen molar-refractivity contribution in [2.45, 2.75) is 6.54 Å². The zero-order chi connectivity index (χ0) is 16.5. The molecule has 3 aromatic rings. The van der Waals surface area contributed by atoms with Gasteiger partial charge in [0.1, 0.15) is 5.76 Å². The standard InChI is InChI=1S/C19H13NO3S/c21-18-17(11-16-6-3-9-23-16)24-19(22)20(18)12-13-7-8-14-4-1-2-5-15(14)10-13/h1-11H,12H2/b17-11-. The van der Waals surface area contributed by atoms with E-state index in [1.165, 1.54) is 11.2 Å². The summed E-state index contributed by atoms with van der Waals surface area (Å²) in [6.07, 6.45) is 3.14. The van der Waals surface area contributed by atoms with E-state index < -0.39 is 0 Å². The van der Waals surface area contributed by atoms with Crippen LogP contribution in [-0.2, 0) is 11.3 Å². The first-order valence-corrected chi connectivity index (χ1v) is 8.29. The summed E-state index contributed by atoms with van der Waals surface area (Å²) in [5, 5.41) is 1.96. The Labute approximate surface area is 142 Å². The van der Waals surface area contributed by atoms with Crippen molar-refractivity contribution in [3.05, 3.63) is 77.1 Å². The van der Waals surface area contributed by atoms with Crippen LogP contribution in [0.25, 0.3) is 16.8 Å². The molecule has 1 fully saturated rings. The Bertz CT molecular complexity index is 960. The van der Waals surface area contributed by atoms with Crippen LogP contribution in [-0.4, -0.2) is 16.0 Å². The molecule has 4 nitrogen and oxygen atoms in total. The molecule has 0 bridgehead atoms. The summed E-state index contributed by atoms with van der Waals surface area (Å²) in [5.41, 5.74) is 0.926. The number of furan rings is 1. The molecule has 2 heterocycles. The molecule has 0 atom stereocenters. The van der Waals surface area contributed by atoms with Crippen molar-refractivity contribution >= 4 is 39.8 Å². The third-order valence-electron chi connectivity index (χ3n) is 3.84. The second-order valence-corrected chi connectivity index (χ2v) is 6.46. The van der Waals surface area contributed by atoms with Crippen LogP contribution < -0.4 is 0 Å². The highest BCUT2D eigenvalue weighted by Gasteiger charge is 2.35. The van der Waals surface area contributed by atoms with Gasteiger partial charge in [-0.15, -0.1) is 0 Å². The Morgan fingerprint density at radius 2 is 1.83 bits per heavy atom. The van der Waals surface area contributed by atoms with Crippen LogP contribution in [0.1, 0.15) is 11.3 Å². The van der Waals surface area contributed by atoms with E-state index in [1.807, 2.05) is 42.5 Å². The van der Waals surface area contributed by atoms with E-state index in [0.717, 1.165) is 28.1 Å². The van der Waals surface area contributed by atoms with E-state index in [1.54, 1.807) is 18.2 Å². The summed E-state index contributed by atoms with van der Waals surface area (Å²) in [7, 11) is 0. The minimum atomic E-state index is -0.283. The minimum absolute atomic E-state index is 0.258. The number of fused-ring (bicyclic) bond motifs is 1. The molecule has 0 spiro atoms. The van der Waals surface area contributed by atoms with Crippen LogP contribution in [0.3, 0.4) is 0 Å². The molecule has 0 aliphatic carbocycles. The average Bonchev–Trinajstić information content (AvgIpc) is 3.19. The molecule has 118 valence electrons. The first-order chi connectivity index (χ1) is 11.7. The highest BCUT2D eigenvalue weighted by Crippen LogP contribution is 2.33. The van der Waals surface area contributed by atoms with Gasteiger partial charge in [0.15, 0.2) is 0 Å². The maximum absolute atomic E-state index is 12.5. The molecule has 2 amide bonds. The van der Waals surface area contributed by atoms with E-state index in [4.69, 9.17) is 4.42 Å². The fraction of sp³-hybridized carbons (Fsp3) is 0.0526. The lowest BCUT2D eigenvalue weighted by atomic mass is 10.1. The molecule has 1 aliphatic heterocycles. The normalized spacial score (nSPS) is 16.5. The van der Waals surface area contributed by atoms with Crippen molar-refractivity contribution in [2.75, 3.05) is 0 Å². The van der Waals surface area contributed by atoms with E-state index in [-0.39, 0.29) is 17.7 Å². The minimum Gasteiger partial charge on any atom is -0.465 e. The quantitative estimate of drug-likeness (QED) is 0.653. The Morgan fingerprint density at radius 3 is 2.62 bits per heavy atom. The van der Waals surface area contributed by atoms with Crippen molar-refractivity contribution in [1.29, 1.82) is 0 Å². The number of hydrogen-bond acceptors (Lipinski definition) is 4. The topological polar surface area (TPSA) is 50.5 Å². The number of rotatable bonds is 3. The number of benzene rings is 2. The number of thioether (sulfide) groups is 1. The molecule has 1 aromatic heterocycles. The van der Waals surface area contributed by atoms with Crippen LogP contribution in [0, 0.1) is 0 Å². The van der Waals surface area contributed by atoms with Crippen LogP contribution >= 0.6 is 11.8 Å². The van der Waals surface area contributed by atoms with E-state index >= 15 is 0 Å². The van der Waals surface area contributed by atoms with Crippen LogP contribution in [0.15, 0.2) is 70.2 Å². The predicted molar refractivity (Wildman–Crippen MR) is 94.2 cm³/mol. The fourth-order valence-corrected chi connectivity index (χ4v) is 3.48. The Morgan fingerprint density at radius 1 is 1.00 bits per heavy atom. The van der Waals surface area contributed by atoms with Gasteiger partial charge in [0.2, 0.25) is 0 Å². The Hall–Kier alpha value is -2.79. The lowest BCUT2D eigenvalue weighted by Crippen LogP contribution is -2.27. The first kappa shape index (κ1) is 14.8. The number of nitrogens with zero attached hydrogens (tertiary/aromatic N) is 1. The van der Waals surface area contributed by atoms with Crippen molar-refractivity contribution in [1.82, 2.24) is 4.90 Å². The maximum atomic E-state index is 12.5. The predicted octanol–water partition coefficient (Wildman–Crippen LogP) is 4.67. The zero-order valence-electron chi connectivity index (χ0n) is 12.6. The highest BCUT2D eigenvalue weighted by atomic mass is 32.2. The molecular formula is C19H13NO3S. The monoisotopic (exact) mass is 335 g/mol. The van der Waals surface area contributed by atoms with Gasteiger partial charge in [-0.3, -0.25) is 14.5 Å². The zero-order valence-corrected chi connectivity index (χ0v) is 13.5. The molecule has 2 aromatic carbocycles. The van der Waals surface area contributed by atoms with Crippen molar-refractivity contribution in [3.63, 3.8) is 0 Å². The van der Waals surface area contributed by atoms with Gasteiger partial charge >= 0.3 is 0 Å². The third kappa shape index (κ3) is 2.74. The second-order valence-electron chi connectivity index (χ2n) is 5.46. The molecule has 24 heavy (non-hydrogen) atoms. The van der Waals surface area contributed by atoms with Gasteiger partial charge in [0, 0.05) is 6.08 Å². The van der Waals surface area contributed by atoms with Gasteiger partial charge in [0.05, 0.1) is 17.7 Å². The Balaban J connectivity index is 1.59. The lowest BCUT2D eigenvalue weighted by molar-refractivity contribution is -0.123. The summed E-state index contributed by atoms with van der Waals surface area (Å²) in [5.74, 6) is 0.278. The number of amides is 2. The summed E-state index contributed by atoms with van der Waals surface area (Å²) >= 11 is 0.941. The SMILES string of the molecule is O=C1S/C(=C\c2ccco2)C(=O)N1Cc1ccc2ccccc2c1. The summed E-state index contributed by atoms with van der Waals surface area (Å²) in [6.45, 7) is 0.269. The van der Waals surface area contributed by atoms with Crippen LogP contribution in [0.4, 0.5) is 4.79 Å². The molecule has 0 radical (unpaired) electrons. The molecule has 4 rings (SSSR count). The second kappa shape index (κ2) is 6.02. The third-order valence-corrected chi connectivity index (χ3v) is 4.75. The molecular weight excluding hydrogens is 322 g/mol. The van der Waals surface area contributed by atoms with Crippen molar-refractivity contribution in [2.24, 2.45) is 0 Å². The molecule has 0 unspecified atom stereocenters. The van der Waals surface area contributed by atoms with E-state index in [0.29, 0.717) is 10.7 Å². The largest absolute Gasteiger partial charge is 0.465 e. The molecule has 1 aliphatic rings. The maximum Gasteiger partial charge on any atom is 0.293 e. The molecule has 0 N–H and O–H groups in total. The number of carbonyl (C=O) groups is 2. The van der Waals surface area contributed by atoms with Gasteiger partial charge in [-0.1, -0.05) is 36.4 Å². The number of carbonyl (C=O) groups excluding carboxylic acids is 2. The van der Waals surface area contributed by atoms with Gasteiger partial charge in [0.25, 0.3) is 11.1 Å². The summed E-state index contributed by atoms with van der Waals surface area (Å²) in [6, 6.07) is 17.5. The van der Waals surface area contributed by atoms with Crippen molar-refractivity contribution in [3.8, 4) is 0 Å². The molecule has 0 saturated carbocycles. The van der Waals surface area contributed by atoms with Gasteiger partial charge in [-0.25, -0.2) is 0 Å². The number of imide groups is 1. The van der Waals surface area contributed by atoms with Crippen molar-refractivity contribution < 1.29 is 14.0 Å². The first-order valence-electron chi connectivity index (χ1n) is 7.47.